The quantitative estimate of drug-likeness (QED) is 0.624. The monoisotopic (exact) mass is 367 g/mol. The van der Waals surface area contributed by atoms with Gasteiger partial charge < -0.3 is 0 Å². The summed E-state index contributed by atoms with van der Waals surface area (Å²) in [6.45, 7) is 6.11. The zero-order valence-corrected chi connectivity index (χ0v) is 16.3. The molecule has 1 aliphatic heterocycles. The van der Waals surface area contributed by atoms with E-state index < -0.39 is 0 Å². The molecule has 3 heteroatoms. The molecule has 0 spiro atoms. The Labute approximate surface area is 166 Å². The summed E-state index contributed by atoms with van der Waals surface area (Å²) in [5.74, 6) is 0. The van der Waals surface area contributed by atoms with Crippen molar-refractivity contribution in [3.8, 4) is 11.1 Å². The summed E-state index contributed by atoms with van der Waals surface area (Å²) < 4.78 is 0. The first-order chi connectivity index (χ1) is 13.8. The second kappa shape index (κ2) is 7.25. The number of hydrogen-bond acceptors (Lipinski definition) is 3. The number of piperazine rings is 1. The van der Waals surface area contributed by atoms with E-state index in [9.17, 15) is 0 Å². The van der Waals surface area contributed by atoms with Crippen molar-refractivity contribution in [2.45, 2.75) is 13.0 Å². The second-order valence-electron chi connectivity index (χ2n) is 7.67. The summed E-state index contributed by atoms with van der Waals surface area (Å²) in [5.41, 5.74) is 8.14. The summed E-state index contributed by atoms with van der Waals surface area (Å²) in [6, 6.07) is 26.5. The molecule has 0 N–H and O–H groups in total. The lowest BCUT2D eigenvalue weighted by molar-refractivity contribution is 0.114. The van der Waals surface area contributed by atoms with Gasteiger partial charge in [-0.3, -0.25) is 9.91 Å². The Hall–Kier alpha value is -2.91. The number of fused-ring (bicyclic) bond motifs is 3. The standard InChI is InChI=1S/C25H25N3/c1-19-8-2-3-9-20(19)18-26-28-16-14-27(15-17-28)25-23-12-6-4-10-21(23)22-11-5-7-13-24(22)25/h2-13,18,25H,14-17H2,1H3/b26-18+. The Balaban J connectivity index is 1.33. The topological polar surface area (TPSA) is 18.8 Å². The molecule has 0 bridgehead atoms. The molecule has 0 aromatic heterocycles. The van der Waals surface area contributed by atoms with Crippen molar-refractivity contribution in [3.63, 3.8) is 0 Å². The van der Waals surface area contributed by atoms with E-state index in [0.717, 1.165) is 26.2 Å². The van der Waals surface area contributed by atoms with Crippen molar-refractivity contribution in [1.29, 1.82) is 0 Å². The van der Waals surface area contributed by atoms with Gasteiger partial charge in [-0.25, -0.2) is 0 Å². The van der Waals surface area contributed by atoms with Crippen molar-refractivity contribution in [3.05, 3.63) is 95.1 Å². The predicted octanol–water partition coefficient (Wildman–Crippen LogP) is 4.72. The maximum atomic E-state index is 4.75. The van der Waals surface area contributed by atoms with Gasteiger partial charge in [-0.05, 0) is 40.3 Å². The van der Waals surface area contributed by atoms with E-state index >= 15 is 0 Å². The molecule has 0 atom stereocenters. The Kier molecular flexibility index (Phi) is 4.46. The van der Waals surface area contributed by atoms with Gasteiger partial charge in [0.1, 0.15) is 0 Å². The van der Waals surface area contributed by atoms with Gasteiger partial charge in [0, 0.05) is 26.2 Å². The number of nitrogens with zero attached hydrogens (tertiary/aromatic N) is 3. The Bertz CT molecular complexity index is 970. The van der Waals surface area contributed by atoms with Crippen LogP contribution in [0.25, 0.3) is 11.1 Å². The summed E-state index contributed by atoms with van der Waals surface area (Å²) in [7, 11) is 0. The Morgan fingerprint density at radius 3 is 1.96 bits per heavy atom. The number of aryl methyl sites for hydroxylation is 1. The average molecular weight is 367 g/mol. The molecule has 1 saturated heterocycles. The molecule has 3 aromatic carbocycles. The van der Waals surface area contributed by atoms with E-state index in [1.54, 1.807) is 0 Å². The van der Waals surface area contributed by atoms with E-state index in [-0.39, 0.29) is 0 Å². The van der Waals surface area contributed by atoms with Crippen molar-refractivity contribution in [2.24, 2.45) is 5.10 Å². The fraction of sp³-hybridized carbons (Fsp3) is 0.240. The van der Waals surface area contributed by atoms with Gasteiger partial charge in [-0.1, -0.05) is 72.8 Å². The lowest BCUT2D eigenvalue weighted by atomic mass is 10.0. The van der Waals surface area contributed by atoms with Crippen LogP contribution in [0.5, 0.6) is 0 Å². The Morgan fingerprint density at radius 2 is 1.32 bits per heavy atom. The van der Waals surface area contributed by atoms with Crippen molar-refractivity contribution >= 4 is 6.21 Å². The van der Waals surface area contributed by atoms with Crippen LogP contribution in [0.1, 0.15) is 28.3 Å². The highest BCUT2D eigenvalue weighted by Crippen LogP contribution is 2.46. The lowest BCUT2D eigenvalue weighted by Gasteiger charge is -2.37. The minimum atomic E-state index is 0.370. The van der Waals surface area contributed by atoms with E-state index in [4.69, 9.17) is 5.10 Å². The molecule has 0 saturated carbocycles. The molecule has 1 heterocycles. The van der Waals surface area contributed by atoms with Crippen molar-refractivity contribution < 1.29 is 0 Å². The van der Waals surface area contributed by atoms with Crippen LogP contribution in [0.3, 0.4) is 0 Å². The molecule has 140 valence electrons. The molecule has 28 heavy (non-hydrogen) atoms. The highest BCUT2D eigenvalue weighted by atomic mass is 15.5. The number of hydrogen-bond donors (Lipinski definition) is 0. The van der Waals surface area contributed by atoms with Crippen LogP contribution in [-0.2, 0) is 0 Å². The summed E-state index contributed by atoms with van der Waals surface area (Å²) in [5, 5.41) is 6.95. The zero-order valence-electron chi connectivity index (χ0n) is 16.3. The summed E-state index contributed by atoms with van der Waals surface area (Å²) in [6.07, 6.45) is 2.01. The smallest absolute Gasteiger partial charge is 0.0615 e. The maximum absolute atomic E-state index is 4.75. The first-order valence-electron chi connectivity index (χ1n) is 10.1. The first kappa shape index (κ1) is 17.2. The first-order valence-corrected chi connectivity index (χ1v) is 10.1. The van der Waals surface area contributed by atoms with Crippen LogP contribution in [-0.4, -0.2) is 42.3 Å². The van der Waals surface area contributed by atoms with Gasteiger partial charge in [-0.15, -0.1) is 0 Å². The van der Waals surface area contributed by atoms with Crippen LogP contribution in [0.15, 0.2) is 77.9 Å². The molecule has 0 radical (unpaired) electrons. The van der Waals surface area contributed by atoms with Crippen molar-refractivity contribution in [2.75, 3.05) is 26.2 Å². The summed E-state index contributed by atoms with van der Waals surface area (Å²) in [4.78, 5) is 2.62. The maximum Gasteiger partial charge on any atom is 0.0615 e. The van der Waals surface area contributed by atoms with Crippen LogP contribution in [0, 0.1) is 6.92 Å². The minimum Gasteiger partial charge on any atom is -0.294 e. The van der Waals surface area contributed by atoms with Gasteiger partial charge in [0.25, 0.3) is 0 Å². The third kappa shape index (κ3) is 3.02. The average Bonchev–Trinajstić information content (AvgIpc) is 3.08. The number of rotatable bonds is 3. The molecule has 3 nitrogen and oxygen atoms in total. The normalized spacial score (nSPS) is 17.1. The second-order valence-corrected chi connectivity index (χ2v) is 7.67. The lowest BCUT2D eigenvalue weighted by Crippen LogP contribution is -2.45. The summed E-state index contributed by atoms with van der Waals surface area (Å²) >= 11 is 0. The SMILES string of the molecule is Cc1ccccc1/C=N/N1CCN(C2c3ccccc3-c3ccccc32)CC1. The van der Waals surface area contributed by atoms with Gasteiger partial charge in [0.2, 0.25) is 0 Å². The molecule has 0 amide bonds. The van der Waals surface area contributed by atoms with E-state index in [1.807, 2.05) is 6.21 Å². The van der Waals surface area contributed by atoms with Gasteiger partial charge >= 0.3 is 0 Å². The van der Waals surface area contributed by atoms with Gasteiger partial charge in [0.15, 0.2) is 0 Å². The largest absolute Gasteiger partial charge is 0.294 e. The van der Waals surface area contributed by atoms with Crippen LogP contribution in [0.4, 0.5) is 0 Å². The minimum absolute atomic E-state index is 0.370. The van der Waals surface area contributed by atoms with E-state index in [2.05, 4.69) is 89.6 Å². The Morgan fingerprint density at radius 1 is 0.750 bits per heavy atom. The molecule has 5 rings (SSSR count). The molecular formula is C25H25N3. The molecule has 1 fully saturated rings. The van der Waals surface area contributed by atoms with Crippen LogP contribution < -0.4 is 0 Å². The molecule has 1 aliphatic carbocycles. The third-order valence-corrected chi connectivity index (χ3v) is 6.01. The van der Waals surface area contributed by atoms with Crippen LogP contribution in [0.2, 0.25) is 0 Å². The van der Waals surface area contributed by atoms with Crippen LogP contribution >= 0.6 is 0 Å². The highest BCUT2D eigenvalue weighted by Gasteiger charge is 2.33. The predicted molar refractivity (Wildman–Crippen MR) is 116 cm³/mol. The third-order valence-electron chi connectivity index (χ3n) is 6.01. The molecule has 0 unspecified atom stereocenters. The van der Waals surface area contributed by atoms with E-state index in [1.165, 1.54) is 33.4 Å². The molecule has 2 aliphatic rings. The van der Waals surface area contributed by atoms with E-state index in [0.29, 0.717) is 6.04 Å². The number of hydrazone groups is 1. The fourth-order valence-electron chi connectivity index (χ4n) is 4.48. The van der Waals surface area contributed by atoms with Gasteiger partial charge in [-0.2, -0.15) is 5.10 Å². The molecular weight excluding hydrogens is 342 g/mol. The van der Waals surface area contributed by atoms with Gasteiger partial charge in [0.05, 0.1) is 12.3 Å². The molecule has 3 aromatic rings. The van der Waals surface area contributed by atoms with Crippen molar-refractivity contribution in [1.82, 2.24) is 9.91 Å². The zero-order chi connectivity index (χ0) is 18.9. The fourth-order valence-corrected chi connectivity index (χ4v) is 4.48. The number of benzene rings is 3. The highest BCUT2D eigenvalue weighted by molar-refractivity contribution is 5.81.